The number of aryl methyl sites for hydroxylation is 2. The number of amides is 1. The van der Waals surface area contributed by atoms with Crippen molar-refractivity contribution < 1.29 is 9.90 Å². The van der Waals surface area contributed by atoms with E-state index in [1.165, 1.54) is 11.1 Å². The summed E-state index contributed by atoms with van der Waals surface area (Å²) in [6, 6.07) is 8.33. The van der Waals surface area contributed by atoms with E-state index in [0.717, 1.165) is 25.8 Å². The summed E-state index contributed by atoms with van der Waals surface area (Å²) in [4.78, 5) is 14.2. The molecule has 20 heavy (non-hydrogen) atoms. The average molecular weight is 275 g/mol. The van der Waals surface area contributed by atoms with Gasteiger partial charge >= 0.3 is 0 Å². The van der Waals surface area contributed by atoms with Gasteiger partial charge < -0.3 is 10.0 Å². The third-order valence-electron chi connectivity index (χ3n) is 4.20. The molecule has 3 nitrogen and oxygen atoms in total. The quantitative estimate of drug-likeness (QED) is 0.917. The number of aliphatic hydroxyl groups is 1. The number of rotatable bonds is 4. The number of piperidine rings is 1. The van der Waals surface area contributed by atoms with Crippen molar-refractivity contribution in [3.05, 3.63) is 35.4 Å². The first-order valence-corrected chi connectivity index (χ1v) is 7.57. The van der Waals surface area contributed by atoms with Gasteiger partial charge in [0.2, 0.25) is 5.91 Å². The Morgan fingerprint density at radius 1 is 1.50 bits per heavy atom. The summed E-state index contributed by atoms with van der Waals surface area (Å²) in [7, 11) is 0. The molecule has 1 heterocycles. The highest BCUT2D eigenvalue weighted by Gasteiger charge is 2.25. The predicted molar refractivity (Wildman–Crippen MR) is 80.5 cm³/mol. The van der Waals surface area contributed by atoms with Crippen LogP contribution in [0.5, 0.6) is 0 Å². The largest absolute Gasteiger partial charge is 0.393 e. The van der Waals surface area contributed by atoms with Gasteiger partial charge in [0.1, 0.15) is 0 Å². The Hall–Kier alpha value is -1.35. The molecule has 2 rings (SSSR count). The topological polar surface area (TPSA) is 40.5 Å². The molecule has 1 aliphatic rings. The highest BCUT2D eigenvalue weighted by Crippen LogP contribution is 2.20. The van der Waals surface area contributed by atoms with Crippen molar-refractivity contribution in [1.82, 2.24) is 4.90 Å². The molecule has 2 atom stereocenters. The standard InChI is InChI=1S/C17H25NO2/c1-13-5-3-6-15(11-13)8-9-17(20)18-10-4-7-16(12-18)14(2)19/h3,5-6,11,14,16,19H,4,7-10,12H2,1-2H3. The molecule has 2 unspecified atom stereocenters. The summed E-state index contributed by atoms with van der Waals surface area (Å²) in [5.74, 6) is 0.462. The maximum Gasteiger partial charge on any atom is 0.222 e. The minimum absolute atomic E-state index is 0.219. The fourth-order valence-electron chi connectivity index (χ4n) is 2.91. The molecule has 1 aromatic carbocycles. The van der Waals surface area contributed by atoms with Crippen molar-refractivity contribution in [2.24, 2.45) is 5.92 Å². The lowest BCUT2D eigenvalue weighted by Crippen LogP contribution is -2.43. The van der Waals surface area contributed by atoms with E-state index in [9.17, 15) is 9.90 Å². The summed E-state index contributed by atoms with van der Waals surface area (Å²) in [6.07, 6.45) is 3.08. The van der Waals surface area contributed by atoms with Gasteiger partial charge in [0.05, 0.1) is 6.10 Å². The van der Waals surface area contributed by atoms with E-state index in [0.29, 0.717) is 13.0 Å². The zero-order valence-electron chi connectivity index (χ0n) is 12.5. The van der Waals surface area contributed by atoms with E-state index in [1.54, 1.807) is 0 Å². The molecule has 1 fully saturated rings. The SMILES string of the molecule is Cc1cccc(CCC(=O)N2CCCC(C(C)O)C2)c1. The molecule has 0 saturated carbocycles. The van der Waals surface area contributed by atoms with Gasteiger partial charge in [-0.2, -0.15) is 0 Å². The number of carbonyl (C=O) groups excluding carboxylic acids is 1. The summed E-state index contributed by atoms with van der Waals surface area (Å²) >= 11 is 0. The van der Waals surface area contributed by atoms with Crippen LogP contribution in [-0.2, 0) is 11.2 Å². The summed E-state index contributed by atoms with van der Waals surface area (Å²) in [6.45, 7) is 5.45. The number of benzene rings is 1. The van der Waals surface area contributed by atoms with Gasteiger partial charge in [-0.05, 0) is 38.7 Å². The number of likely N-dealkylation sites (tertiary alicyclic amines) is 1. The average Bonchev–Trinajstić information content (AvgIpc) is 2.45. The summed E-state index contributed by atoms with van der Waals surface area (Å²) < 4.78 is 0. The third kappa shape index (κ3) is 4.07. The van der Waals surface area contributed by atoms with E-state index >= 15 is 0 Å². The van der Waals surface area contributed by atoms with Crippen LogP contribution >= 0.6 is 0 Å². The molecular formula is C17H25NO2. The van der Waals surface area contributed by atoms with Gasteiger partial charge in [0.15, 0.2) is 0 Å². The Bertz CT molecular complexity index is 456. The van der Waals surface area contributed by atoms with Crippen LogP contribution in [0, 0.1) is 12.8 Å². The maximum absolute atomic E-state index is 12.3. The highest BCUT2D eigenvalue weighted by atomic mass is 16.3. The van der Waals surface area contributed by atoms with Crippen molar-refractivity contribution in [2.45, 2.75) is 45.6 Å². The summed E-state index contributed by atoms with van der Waals surface area (Å²) in [5, 5.41) is 9.68. The van der Waals surface area contributed by atoms with Crippen LogP contribution in [-0.4, -0.2) is 35.1 Å². The molecule has 1 N–H and O–H groups in total. The van der Waals surface area contributed by atoms with Crippen molar-refractivity contribution in [2.75, 3.05) is 13.1 Å². The molecule has 1 amide bonds. The van der Waals surface area contributed by atoms with Gasteiger partial charge in [-0.3, -0.25) is 4.79 Å². The normalized spacial score (nSPS) is 20.8. The van der Waals surface area contributed by atoms with Gasteiger partial charge in [-0.1, -0.05) is 29.8 Å². The molecule has 0 spiro atoms. The van der Waals surface area contributed by atoms with Gasteiger partial charge in [0, 0.05) is 25.4 Å². The second kappa shape index (κ2) is 6.89. The molecule has 1 aliphatic heterocycles. The Morgan fingerprint density at radius 3 is 3.00 bits per heavy atom. The van der Waals surface area contributed by atoms with Gasteiger partial charge in [-0.25, -0.2) is 0 Å². The van der Waals surface area contributed by atoms with Crippen molar-refractivity contribution in [3.8, 4) is 0 Å². The first-order valence-electron chi connectivity index (χ1n) is 7.57. The van der Waals surface area contributed by atoms with Crippen LogP contribution in [0.1, 0.15) is 37.3 Å². The van der Waals surface area contributed by atoms with Crippen LogP contribution in [0.15, 0.2) is 24.3 Å². The Morgan fingerprint density at radius 2 is 2.30 bits per heavy atom. The second-order valence-electron chi connectivity index (χ2n) is 5.97. The first-order chi connectivity index (χ1) is 9.56. The van der Waals surface area contributed by atoms with E-state index in [2.05, 4.69) is 25.1 Å². The zero-order valence-corrected chi connectivity index (χ0v) is 12.5. The molecular weight excluding hydrogens is 250 g/mol. The zero-order chi connectivity index (χ0) is 14.5. The van der Waals surface area contributed by atoms with E-state index in [4.69, 9.17) is 0 Å². The number of nitrogens with zero attached hydrogens (tertiary/aromatic N) is 1. The minimum atomic E-state index is -0.317. The lowest BCUT2D eigenvalue weighted by Gasteiger charge is -2.34. The monoisotopic (exact) mass is 275 g/mol. The Kier molecular flexibility index (Phi) is 5.18. The van der Waals surface area contributed by atoms with E-state index < -0.39 is 0 Å². The third-order valence-corrected chi connectivity index (χ3v) is 4.20. The lowest BCUT2D eigenvalue weighted by atomic mass is 9.93. The van der Waals surface area contributed by atoms with E-state index in [1.807, 2.05) is 17.9 Å². The van der Waals surface area contributed by atoms with Crippen LogP contribution in [0.25, 0.3) is 0 Å². The van der Waals surface area contributed by atoms with Crippen molar-refractivity contribution >= 4 is 5.91 Å². The fraction of sp³-hybridized carbons (Fsp3) is 0.588. The van der Waals surface area contributed by atoms with Crippen molar-refractivity contribution in [3.63, 3.8) is 0 Å². The first kappa shape index (κ1) is 15.0. The molecule has 110 valence electrons. The molecule has 0 aromatic heterocycles. The van der Waals surface area contributed by atoms with Crippen LogP contribution < -0.4 is 0 Å². The predicted octanol–water partition coefficient (Wildman–Crippen LogP) is 2.55. The van der Waals surface area contributed by atoms with Crippen molar-refractivity contribution in [1.29, 1.82) is 0 Å². The molecule has 1 aromatic rings. The highest BCUT2D eigenvalue weighted by molar-refractivity contribution is 5.76. The van der Waals surface area contributed by atoms with Gasteiger partial charge in [-0.15, -0.1) is 0 Å². The van der Waals surface area contributed by atoms with Crippen LogP contribution in [0.4, 0.5) is 0 Å². The minimum Gasteiger partial charge on any atom is -0.393 e. The molecule has 0 aliphatic carbocycles. The number of hydrogen-bond donors (Lipinski definition) is 1. The van der Waals surface area contributed by atoms with Gasteiger partial charge in [0.25, 0.3) is 0 Å². The molecule has 1 saturated heterocycles. The number of aliphatic hydroxyl groups excluding tert-OH is 1. The number of hydrogen-bond acceptors (Lipinski definition) is 2. The Labute approximate surface area is 121 Å². The number of carbonyl (C=O) groups is 1. The second-order valence-corrected chi connectivity index (χ2v) is 5.97. The van der Waals surface area contributed by atoms with Crippen LogP contribution in [0.3, 0.4) is 0 Å². The van der Waals surface area contributed by atoms with E-state index in [-0.39, 0.29) is 17.9 Å². The molecule has 0 radical (unpaired) electrons. The van der Waals surface area contributed by atoms with Crippen LogP contribution in [0.2, 0.25) is 0 Å². The maximum atomic E-state index is 12.3. The molecule has 0 bridgehead atoms. The lowest BCUT2D eigenvalue weighted by molar-refractivity contribution is -0.133. The fourth-order valence-corrected chi connectivity index (χ4v) is 2.91. The summed E-state index contributed by atoms with van der Waals surface area (Å²) in [5.41, 5.74) is 2.46. The molecule has 3 heteroatoms. The smallest absolute Gasteiger partial charge is 0.222 e. The Balaban J connectivity index is 1.85.